The van der Waals surface area contributed by atoms with Gasteiger partial charge in [0.25, 0.3) is 0 Å². The molecule has 2 aliphatic heterocycles. The SMILES string of the molecule is CC(=O)N1CCC(C(=O)N2CCCC(=O)N[C@@H](C)C(=O)N[C@H](Cc3ccccc3)C(=O)N[C@@H](C(C)C)c3nc(C)nn3CC(=O)NCC2)CC1. The van der Waals surface area contributed by atoms with Gasteiger partial charge in [0.1, 0.15) is 24.5 Å². The molecule has 15 nitrogen and oxygen atoms in total. The van der Waals surface area contributed by atoms with E-state index in [0.717, 1.165) is 5.56 Å². The molecule has 3 atom stereocenters. The van der Waals surface area contributed by atoms with Crippen molar-refractivity contribution in [2.75, 3.05) is 32.7 Å². The van der Waals surface area contributed by atoms with E-state index in [-0.39, 0.29) is 74.5 Å². The first-order valence-corrected chi connectivity index (χ1v) is 17.5. The minimum absolute atomic E-state index is 0.0186. The Hall–Kier alpha value is -4.82. The van der Waals surface area contributed by atoms with Crippen LogP contribution in [0.25, 0.3) is 0 Å². The maximum absolute atomic E-state index is 13.9. The van der Waals surface area contributed by atoms with Gasteiger partial charge in [-0.25, -0.2) is 9.67 Å². The van der Waals surface area contributed by atoms with Gasteiger partial charge in [0, 0.05) is 58.4 Å². The highest BCUT2D eigenvalue weighted by atomic mass is 16.2. The zero-order valence-electron chi connectivity index (χ0n) is 29.7. The predicted octanol–water partition coefficient (Wildman–Crippen LogP) is 0.629. The molecule has 1 aromatic heterocycles. The molecule has 2 aliphatic rings. The van der Waals surface area contributed by atoms with Crippen molar-refractivity contribution in [1.82, 2.24) is 45.8 Å². The topological polar surface area (TPSA) is 188 Å². The maximum Gasteiger partial charge on any atom is 0.243 e. The van der Waals surface area contributed by atoms with Crippen LogP contribution in [0.4, 0.5) is 0 Å². The molecule has 0 bridgehead atoms. The molecule has 0 radical (unpaired) electrons. The van der Waals surface area contributed by atoms with E-state index in [2.05, 4.69) is 31.3 Å². The van der Waals surface area contributed by atoms with Crippen molar-refractivity contribution in [3.05, 3.63) is 47.5 Å². The number of aromatic nitrogens is 3. The fraction of sp³-hybridized carbons (Fsp3) is 0.600. The van der Waals surface area contributed by atoms with Crippen LogP contribution >= 0.6 is 0 Å². The van der Waals surface area contributed by atoms with Crippen molar-refractivity contribution in [3.8, 4) is 0 Å². The first-order chi connectivity index (χ1) is 23.8. The molecule has 3 heterocycles. The summed E-state index contributed by atoms with van der Waals surface area (Å²) in [5.74, 6) is -1.36. The lowest BCUT2D eigenvalue weighted by atomic mass is 9.95. The molecule has 4 rings (SSSR count). The van der Waals surface area contributed by atoms with Crippen molar-refractivity contribution < 1.29 is 28.8 Å². The molecule has 0 spiro atoms. The smallest absolute Gasteiger partial charge is 0.243 e. The molecule has 6 amide bonds. The molecular formula is C35H51N9O6. The van der Waals surface area contributed by atoms with Crippen LogP contribution in [-0.2, 0) is 41.7 Å². The summed E-state index contributed by atoms with van der Waals surface area (Å²) in [6.07, 6.45) is 1.69. The van der Waals surface area contributed by atoms with Gasteiger partial charge in [0.2, 0.25) is 35.4 Å². The Labute approximate surface area is 293 Å². The minimum atomic E-state index is -0.973. The number of benzene rings is 1. The number of fused-ring (bicyclic) bond motifs is 1. The first kappa shape index (κ1) is 38.0. The molecule has 0 saturated carbocycles. The summed E-state index contributed by atoms with van der Waals surface area (Å²) in [6.45, 7) is 10.1. The van der Waals surface area contributed by atoms with Crippen molar-refractivity contribution in [2.24, 2.45) is 11.8 Å². The summed E-state index contributed by atoms with van der Waals surface area (Å²) in [5, 5.41) is 15.9. The number of nitrogens with zero attached hydrogens (tertiary/aromatic N) is 5. The molecule has 0 unspecified atom stereocenters. The zero-order chi connectivity index (χ0) is 36.4. The van der Waals surface area contributed by atoms with Crippen LogP contribution in [0.1, 0.15) is 76.6 Å². The van der Waals surface area contributed by atoms with Gasteiger partial charge < -0.3 is 31.1 Å². The Morgan fingerprint density at radius 2 is 1.60 bits per heavy atom. The number of rotatable bonds is 4. The van der Waals surface area contributed by atoms with Crippen LogP contribution in [0.2, 0.25) is 0 Å². The molecule has 50 heavy (non-hydrogen) atoms. The summed E-state index contributed by atoms with van der Waals surface area (Å²) < 4.78 is 1.47. The van der Waals surface area contributed by atoms with Crippen LogP contribution in [0.15, 0.2) is 30.3 Å². The van der Waals surface area contributed by atoms with E-state index < -0.39 is 29.9 Å². The summed E-state index contributed by atoms with van der Waals surface area (Å²) in [4.78, 5) is 86.7. The van der Waals surface area contributed by atoms with Gasteiger partial charge in [-0.1, -0.05) is 44.2 Å². The third kappa shape index (κ3) is 10.6. The highest BCUT2D eigenvalue weighted by molar-refractivity contribution is 5.92. The Balaban J connectivity index is 1.57. The normalized spacial score (nSPS) is 22.6. The summed E-state index contributed by atoms with van der Waals surface area (Å²) in [6, 6.07) is 6.75. The number of carbonyl (C=O) groups is 6. The van der Waals surface area contributed by atoms with Crippen molar-refractivity contribution in [2.45, 2.75) is 91.4 Å². The lowest BCUT2D eigenvalue weighted by Gasteiger charge is -2.34. The Morgan fingerprint density at radius 1 is 0.900 bits per heavy atom. The largest absolute Gasteiger partial charge is 0.353 e. The van der Waals surface area contributed by atoms with E-state index in [0.29, 0.717) is 44.0 Å². The Bertz CT molecular complexity index is 1520. The van der Waals surface area contributed by atoms with Crippen molar-refractivity contribution in [1.29, 1.82) is 0 Å². The molecule has 1 aromatic carbocycles. The number of piperidine rings is 1. The molecule has 15 heteroatoms. The van der Waals surface area contributed by atoms with Crippen LogP contribution in [0.5, 0.6) is 0 Å². The van der Waals surface area contributed by atoms with Crippen LogP contribution in [0.3, 0.4) is 0 Å². The lowest BCUT2D eigenvalue weighted by molar-refractivity contribution is -0.140. The van der Waals surface area contributed by atoms with E-state index in [1.54, 1.807) is 23.6 Å². The van der Waals surface area contributed by atoms with E-state index >= 15 is 0 Å². The quantitative estimate of drug-likeness (QED) is 0.359. The number of hydrogen-bond donors (Lipinski definition) is 4. The molecule has 4 N–H and O–H groups in total. The molecular weight excluding hydrogens is 642 g/mol. The third-order valence-electron chi connectivity index (χ3n) is 9.17. The van der Waals surface area contributed by atoms with Crippen molar-refractivity contribution in [3.63, 3.8) is 0 Å². The Morgan fingerprint density at radius 3 is 2.26 bits per heavy atom. The third-order valence-corrected chi connectivity index (χ3v) is 9.17. The first-order valence-electron chi connectivity index (χ1n) is 17.5. The molecule has 1 fully saturated rings. The van der Waals surface area contributed by atoms with Gasteiger partial charge in [0.05, 0.1) is 6.04 Å². The summed E-state index contributed by atoms with van der Waals surface area (Å²) in [5.41, 5.74) is 0.833. The number of aryl methyl sites for hydroxylation is 1. The standard InChI is InChI=1S/C35H51N9O6/c1-22(2)31-32-38-24(4)41-44(32)21-30(47)36-15-19-43(35(50)27-13-17-42(18-14-27)25(5)45)16-9-12-29(46)37-23(3)33(48)39-28(34(49)40-31)20-26-10-7-6-8-11-26/h6-8,10-11,22-23,27-28,31H,9,12-21H2,1-5H3,(H,36,47)(H,37,46)(H,39,48)(H,40,49)/t23-,28+,31-/m0/s1. The molecule has 0 aliphatic carbocycles. The molecule has 1 saturated heterocycles. The van der Waals surface area contributed by atoms with Gasteiger partial charge in [-0.05, 0) is 44.6 Å². The zero-order valence-corrected chi connectivity index (χ0v) is 29.7. The van der Waals surface area contributed by atoms with Gasteiger partial charge in [0.15, 0.2) is 5.82 Å². The maximum atomic E-state index is 13.9. The average molecular weight is 694 g/mol. The average Bonchev–Trinajstić information content (AvgIpc) is 3.44. The van der Waals surface area contributed by atoms with Crippen molar-refractivity contribution >= 4 is 35.4 Å². The van der Waals surface area contributed by atoms with Gasteiger partial charge >= 0.3 is 0 Å². The fourth-order valence-electron chi connectivity index (χ4n) is 6.32. The minimum Gasteiger partial charge on any atom is -0.353 e. The van der Waals surface area contributed by atoms with Crippen LogP contribution in [-0.4, -0.2) is 105 Å². The molecule has 272 valence electrons. The second-order valence-corrected chi connectivity index (χ2v) is 13.5. The number of hydrogen-bond acceptors (Lipinski definition) is 8. The summed E-state index contributed by atoms with van der Waals surface area (Å²) >= 11 is 0. The van der Waals surface area contributed by atoms with E-state index in [4.69, 9.17) is 0 Å². The van der Waals surface area contributed by atoms with Crippen LogP contribution in [0, 0.1) is 18.8 Å². The van der Waals surface area contributed by atoms with Gasteiger partial charge in [-0.3, -0.25) is 28.8 Å². The number of likely N-dealkylation sites (tertiary alicyclic amines) is 1. The number of amides is 6. The van der Waals surface area contributed by atoms with Gasteiger partial charge in [-0.15, -0.1) is 0 Å². The number of carbonyl (C=O) groups excluding carboxylic acids is 6. The van der Waals surface area contributed by atoms with E-state index in [1.165, 1.54) is 11.6 Å². The van der Waals surface area contributed by atoms with E-state index in [1.807, 2.05) is 44.2 Å². The second-order valence-electron chi connectivity index (χ2n) is 13.5. The second kappa shape index (κ2) is 17.7. The fourth-order valence-corrected chi connectivity index (χ4v) is 6.32. The number of nitrogens with one attached hydrogen (secondary N) is 4. The highest BCUT2D eigenvalue weighted by Gasteiger charge is 2.32. The highest BCUT2D eigenvalue weighted by Crippen LogP contribution is 2.22. The summed E-state index contributed by atoms with van der Waals surface area (Å²) in [7, 11) is 0. The lowest BCUT2D eigenvalue weighted by Crippen LogP contribution is -2.54. The molecule has 2 aromatic rings. The van der Waals surface area contributed by atoms with E-state index in [9.17, 15) is 28.8 Å². The van der Waals surface area contributed by atoms with Crippen LogP contribution < -0.4 is 21.3 Å². The van der Waals surface area contributed by atoms with Gasteiger partial charge in [-0.2, -0.15) is 5.10 Å². The Kier molecular flexibility index (Phi) is 13.5. The monoisotopic (exact) mass is 693 g/mol. The predicted molar refractivity (Wildman–Crippen MR) is 184 cm³/mol.